The van der Waals surface area contributed by atoms with E-state index in [0.717, 1.165) is 18.5 Å². The molecule has 1 aliphatic heterocycles. The van der Waals surface area contributed by atoms with Gasteiger partial charge in [0.1, 0.15) is 5.75 Å². The molecule has 0 unspecified atom stereocenters. The Bertz CT molecular complexity index is 542. The van der Waals surface area contributed by atoms with E-state index in [1.54, 1.807) is 6.07 Å². The number of rotatable bonds is 4. The molecule has 1 aliphatic carbocycles. The van der Waals surface area contributed by atoms with Gasteiger partial charge in [0.15, 0.2) is 6.10 Å². The number of hydrogen-bond acceptors (Lipinski definition) is 4. The van der Waals surface area contributed by atoms with Gasteiger partial charge in [0.05, 0.1) is 18.8 Å². The number of hydrogen-bond donors (Lipinski definition) is 2. The van der Waals surface area contributed by atoms with E-state index in [-0.39, 0.29) is 12.5 Å². The van der Waals surface area contributed by atoms with Crippen molar-refractivity contribution in [3.63, 3.8) is 0 Å². The van der Waals surface area contributed by atoms with E-state index in [1.807, 2.05) is 23.1 Å². The summed E-state index contributed by atoms with van der Waals surface area (Å²) in [6, 6.07) is 7.67. The van der Waals surface area contributed by atoms with E-state index < -0.39 is 12.0 Å². The third kappa shape index (κ3) is 2.68. The number of primary amides is 1. The average Bonchev–Trinajstić information content (AvgIpc) is 3.22. The highest BCUT2D eigenvalue weighted by molar-refractivity contribution is 5.85. The lowest BCUT2D eigenvalue weighted by atomic mass is 10.2. The Balaban J connectivity index is 1.77. The van der Waals surface area contributed by atoms with Crippen LogP contribution in [0.15, 0.2) is 24.3 Å². The standard InChI is InChI=1S/C14H17N3O3/c15-14(19)12-7-17(8-13(18)16-9-5-6-9)10-3-1-2-4-11(10)20-12/h1-4,9,12H,5-8H2,(H2,15,19)(H,16,18)/t12-/m0/s1. The van der Waals surface area contributed by atoms with Crippen molar-refractivity contribution in [3.8, 4) is 5.75 Å². The Hall–Kier alpha value is -2.24. The number of fused-ring (bicyclic) bond motifs is 1. The van der Waals surface area contributed by atoms with E-state index in [1.165, 1.54) is 0 Å². The molecule has 0 saturated heterocycles. The Morgan fingerprint density at radius 2 is 2.10 bits per heavy atom. The van der Waals surface area contributed by atoms with E-state index in [2.05, 4.69) is 5.32 Å². The number of carbonyl (C=O) groups excluding carboxylic acids is 2. The zero-order chi connectivity index (χ0) is 14.1. The Kier molecular flexibility index (Phi) is 3.22. The van der Waals surface area contributed by atoms with Gasteiger partial charge in [0.2, 0.25) is 5.91 Å². The molecule has 6 nitrogen and oxygen atoms in total. The quantitative estimate of drug-likeness (QED) is 0.811. The molecule has 0 radical (unpaired) electrons. The summed E-state index contributed by atoms with van der Waals surface area (Å²) in [6.45, 7) is 0.505. The van der Waals surface area contributed by atoms with Crippen molar-refractivity contribution in [2.75, 3.05) is 18.0 Å². The lowest BCUT2D eigenvalue weighted by Crippen LogP contribution is -2.50. The summed E-state index contributed by atoms with van der Waals surface area (Å²) in [5.41, 5.74) is 6.13. The average molecular weight is 275 g/mol. The molecule has 3 rings (SSSR count). The third-order valence-corrected chi connectivity index (χ3v) is 3.46. The van der Waals surface area contributed by atoms with Crippen molar-refractivity contribution < 1.29 is 14.3 Å². The molecule has 20 heavy (non-hydrogen) atoms. The van der Waals surface area contributed by atoms with Gasteiger partial charge in [0.25, 0.3) is 5.91 Å². The number of para-hydroxylation sites is 2. The highest BCUT2D eigenvalue weighted by Gasteiger charge is 2.31. The molecule has 3 N–H and O–H groups in total. The molecular weight excluding hydrogens is 258 g/mol. The maximum absolute atomic E-state index is 11.9. The number of nitrogens with one attached hydrogen (secondary N) is 1. The minimum absolute atomic E-state index is 0.0348. The predicted octanol–water partition coefficient (Wildman–Crippen LogP) is 0.0179. The molecule has 0 aromatic heterocycles. The smallest absolute Gasteiger partial charge is 0.260 e. The van der Waals surface area contributed by atoms with E-state index in [4.69, 9.17) is 10.5 Å². The van der Waals surface area contributed by atoms with Gasteiger partial charge in [-0.1, -0.05) is 12.1 Å². The Morgan fingerprint density at radius 3 is 2.80 bits per heavy atom. The molecule has 1 saturated carbocycles. The van der Waals surface area contributed by atoms with Gasteiger partial charge in [-0.05, 0) is 25.0 Å². The summed E-state index contributed by atoms with van der Waals surface area (Å²) in [5.74, 6) is 0.0290. The first-order valence-corrected chi connectivity index (χ1v) is 6.73. The molecule has 0 spiro atoms. The zero-order valence-electron chi connectivity index (χ0n) is 11.0. The molecular formula is C14H17N3O3. The number of anilines is 1. The van der Waals surface area contributed by atoms with Crippen LogP contribution in [0.1, 0.15) is 12.8 Å². The van der Waals surface area contributed by atoms with Crippen LogP contribution in [0.5, 0.6) is 5.75 Å². The van der Waals surface area contributed by atoms with Crippen LogP contribution in [0.3, 0.4) is 0 Å². The van der Waals surface area contributed by atoms with Crippen LogP contribution >= 0.6 is 0 Å². The molecule has 6 heteroatoms. The van der Waals surface area contributed by atoms with Crippen molar-refractivity contribution in [1.82, 2.24) is 5.32 Å². The largest absolute Gasteiger partial charge is 0.477 e. The van der Waals surface area contributed by atoms with Crippen LogP contribution in [0.2, 0.25) is 0 Å². The van der Waals surface area contributed by atoms with Crippen LogP contribution in [0, 0.1) is 0 Å². The maximum atomic E-state index is 11.9. The Morgan fingerprint density at radius 1 is 1.35 bits per heavy atom. The van der Waals surface area contributed by atoms with E-state index in [0.29, 0.717) is 18.3 Å². The minimum atomic E-state index is -0.723. The van der Waals surface area contributed by atoms with Gasteiger partial charge in [-0.3, -0.25) is 9.59 Å². The topological polar surface area (TPSA) is 84.7 Å². The van der Waals surface area contributed by atoms with Crippen molar-refractivity contribution in [2.24, 2.45) is 5.73 Å². The number of amides is 2. The van der Waals surface area contributed by atoms with Crippen molar-refractivity contribution in [1.29, 1.82) is 0 Å². The molecule has 2 amide bonds. The molecule has 1 aromatic rings. The fraction of sp³-hybridized carbons (Fsp3) is 0.429. The Labute approximate surface area is 116 Å². The summed E-state index contributed by atoms with van der Waals surface area (Å²) >= 11 is 0. The fourth-order valence-corrected chi connectivity index (χ4v) is 2.28. The summed E-state index contributed by atoms with van der Waals surface area (Å²) in [6.07, 6.45) is 1.38. The molecule has 0 bridgehead atoms. The first kappa shape index (κ1) is 12.8. The van der Waals surface area contributed by atoms with E-state index >= 15 is 0 Å². The molecule has 1 atom stereocenters. The van der Waals surface area contributed by atoms with Gasteiger partial charge >= 0.3 is 0 Å². The SMILES string of the molecule is NC(=O)[C@@H]1CN(CC(=O)NC2CC2)c2ccccc2O1. The number of benzene rings is 1. The fourth-order valence-electron chi connectivity index (χ4n) is 2.28. The summed E-state index contributed by atoms with van der Waals surface area (Å²) in [5, 5.41) is 2.94. The molecule has 1 heterocycles. The van der Waals surface area contributed by atoms with Crippen molar-refractivity contribution in [2.45, 2.75) is 25.0 Å². The van der Waals surface area contributed by atoms with Crippen LogP contribution in [-0.2, 0) is 9.59 Å². The van der Waals surface area contributed by atoms with Gasteiger partial charge in [-0.2, -0.15) is 0 Å². The number of nitrogens with two attached hydrogens (primary N) is 1. The van der Waals surface area contributed by atoms with Crippen molar-refractivity contribution in [3.05, 3.63) is 24.3 Å². The van der Waals surface area contributed by atoms with Crippen LogP contribution in [-0.4, -0.2) is 37.0 Å². The monoisotopic (exact) mass is 275 g/mol. The first-order chi connectivity index (χ1) is 9.63. The minimum Gasteiger partial charge on any atom is -0.477 e. The lowest BCUT2D eigenvalue weighted by molar-refractivity contribution is -0.125. The highest BCUT2D eigenvalue weighted by atomic mass is 16.5. The summed E-state index contributed by atoms with van der Waals surface area (Å²) in [7, 11) is 0. The van der Waals surface area contributed by atoms with E-state index in [9.17, 15) is 9.59 Å². The zero-order valence-corrected chi connectivity index (χ0v) is 11.0. The van der Waals surface area contributed by atoms with Crippen LogP contribution in [0.25, 0.3) is 0 Å². The second-order valence-corrected chi connectivity index (χ2v) is 5.20. The second-order valence-electron chi connectivity index (χ2n) is 5.20. The van der Waals surface area contributed by atoms with Crippen LogP contribution in [0.4, 0.5) is 5.69 Å². The predicted molar refractivity (Wildman–Crippen MR) is 73.4 cm³/mol. The normalized spacial score (nSPS) is 20.8. The molecule has 2 aliphatic rings. The molecule has 106 valence electrons. The van der Waals surface area contributed by atoms with Gasteiger partial charge in [-0.25, -0.2) is 0 Å². The number of ether oxygens (including phenoxy) is 1. The van der Waals surface area contributed by atoms with Gasteiger partial charge in [-0.15, -0.1) is 0 Å². The van der Waals surface area contributed by atoms with Gasteiger partial charge in [0, 0.05) is 6.04 Å². The maximum Gasteiger partial charge on any atom is 0.260 e. The number of nitrogens with zero attached hydrogens (tertiary/aromatic N) is 1. The highest BCUT2D eigenvalue weighted by Crippen LogP contribution is 2.32. The third-order valence-electron chi connectivity index (χ3n) is 3.46. The second kappa shape index (κ2) is 5.03. The molecule has 1 fully saturated rings. The summed E-state index contributed by atoms with van der Waals surface area (Å²) in [4.78, 5) is 25.1. The first-order valence-electron chi connectivity index (χ1n) is 6.73. The lowest BCUT2D eigenvalue weighted by Gasteiger charge is -2.34. The number of carbonyl (C=O) groups is 2. The van der Waals surface area contributed by atoms with Crippen molar-refractivity contribution >= 4 is 17.5 Å². The summed E-state index contributed by atoms with van der Waals surface area (Å²) < 4.78 is 5.55. The van der Waals surface area contributed by atoms with Crippen LogP contribution < -0.4 is 20.7 Å². The van der Waals surface area contributed by atoms with Gasteiger partial charge < -0.3 is 20.7 Å². The molecule has 1 aromatic carbocycles.